The Balaban J connectivity index is 2.92. The Bertz CT molecular complexity index is 321. The van der Waals surface area contributed by atoms with Gasteiger partial charge in [-0.1, -0.05) is 18.2 Å². The van der Waals surface area contributed by atoms with Crippen molar-refractivity contribution in [1.82, 2.24) is 0 Å². The van der Waals surface area contributed by atoms with Crippen LogP contribution in [-0.2, 0) is 17.8 Å². The van der Waals surface area contributed by atoms with Crippen LogP contribution >= 0.6 is 0 Å². The Morgan fingerprint density at radius 2 is 2.23 bits per heavy atom. The van der Waals surface area contributed by atoms with Crippen LogP contribution in [0, 0.1) is 6.92 Å². The molecule has 0 fully saturated rings. The number of carboxylic acid groups (broad SMARTS) is 1. The molecule has 0 atom stereocenters. The van der Waals surface area contributed by atoms with Crippen molar-refractivity contribution in [2.24, 2.45) is 5.73 Å². The van der Waals surface area contributed by atoms with Gasteiger partial charge in [-0.05, 0) is 23.6 Å². The highest BCUT2D eigenvalue weighted by atomic mass is 16.4. The Labute approximate surface area is 77.2 Å². The molecule has 0 aromatic heterocycles. The maximum absolute atomic E-state index is 10.4. The van der Waals surface area contributed by atoms with Gasteiger partial charge in [-0.2, -0.15) is 0 Å². The topological polar surface area (TPSA) is 63.3 Å². The SMILES string of the molecule is Cc1ccc(CC(=O)O)cc1CN. The van der Waals surface area contributed by atoms with E-state index >= 15 is 0 Å². The molecule has 1 rings (SSSR count). The highest BCUT2D eigenvalue weighted by molar-refractivity contribution is 5.70. The van der Waals surface area contributed by atoms with Gasteiger partial charge in [0.15, 0.2) is 0 Å². The van der Waals surface area contributed by atoms with Crippen molar-refractivity contribution >= 4 is 5.97 Å². The third kappa shape index (κ3) is 2.56. The number of carboxylic acids is 1. The molecular weight excluding hydrogens is 166 g/mol. The molecule has 0 bridgehead atoms. The van der Waals surface area contributed by atoms with Crippen LogP contribution in [0.4, 0.5) is 0 Å². The van der Waals surface area contributed by atoms with Crippen molar-refractivity contribution in [2.45, 2.75) is 19.9 Å². The van der Waals surface area contributed by atoms with Crippen LogP contribution in [0.2, 0.25) is 0 Å². The van der Waals surface area contributed by atoms with Crippen LogP contribution in [0.15, 0.2) is 18.2 Å². The highest BCUT2D eigenvalue weighted by Crippen LogP contribution is 2.10. The predicted molar refractivity (Wildman–Crippen MR) is 50.4 cm³/mol. The third-order valence-corrected chi connectivity index (χ3v) is 1.99. The Hall–Kier alpha value is -1.35. The van der Waals surface area contributed by atoms with E-state index in [1.807, 2.05) is 25.1 Å². The zero-order valence-corrected chi connectivity index (χ0v) is 7.58. The maximum Gasteiger partial charge on any atom is 0.307 e. The van der Waals surface area contributed by atoms with E-state index in [-0.39, 0.29) is 6.42 Å². The smallest absolute Gasteiger partial charge is 0.307 e. The van der Waals surface area contributed by atoms with Crippen molar-refractivity contribution in [3.8, 4) is 0 Å². The van der Waals surface area contributed by atoms with Gasteiger partial charge in [0.1, 0.15) is 0 Å². The number of aryl methyl sites for hydroxylation is 1. The van der Waals surface area contributed by atoms with E-state index in [4.69, 9.17) is 10.8 Å². The van der Waals surface area contributed by atoms with E-state index in [1.165, 1.54) is 0 Å². The molecule has 0 aliphatic heterocycles. The lowest BCUT2D eigenvalue weighted by atomic mass is 10.0. The summed E-state index contributed by atoms with van der Waals surface area (Å²) in [6.45, 7) is 2.42. The molecule has 0 heterocycles. The molecule has 0 spiro atoms. The zero-order chi connectivity index (χ0) is 9.84. The van der Waals surface area contributed by atoms with Gasteiger partial charge >= 0.3 is 5.97 Å². The van der Waals surface area contributed by atoms with E-state index < -0.39 is 5.97 Å². The van der Waals surface area contributed by atoms with E-state index in [0.29, 0.717) is 6.54 Å². The molecule has 0 aliphatic rings. The average Bonchev–Trinajstić information content (AvgIpc) is 2.07. The first kappa shape index (κ1) is 9.74. The molecule has 3 heteroatoms. The number of hydrogen-bond acceptors (Lipinski definition) is 2. The number of benzene rings is 1. The normalized spacial score (nSPS) is 10.0. The molecule has 70 valence electrons. The van der Waals surface area contributed by atoms with E-state index in [0.717, 1.165) is 16.7 Å². The number of rotatable bonds is 3. The molecule has 3 nitrogen and oxygen atoms in total. The summed E-state index contributed by atoms with van der Waals surface area (Å²) >= 11 is 0. The van der Waals surface area contributed by atoms with Crippen molar-refractivity contribution in [3.63, 3.8) is 0 Å². The predicted octanol–water partition coefficient (Wildman–Crippen LogP) is 1.08. The molecule has 3 N–H and O–H groups in total. The lowest BCUT2D eigenvalue weighted by molar-refractivity contribution is -0.136. The molecular formula is C10H13NO2. The first-order valence-electron chi connectivity index (χ1n) is 4.13. The fraction of sp³-hybridized carbons (Fsp3) is 0.300. The molecule has 1 aromatic carbocycles. The van der Waals surface area contributed by atoms with Crippen LogP contribution in [-0.4, -0.2) is 11.1 Å². The lowest BCUT2D eigenvalue weighted by Crippen LogP contribution is -2.04. The first-order valence-corrected chi connectivity index (χ1v) is 4.13. The van der Waals surface area contributed by atoms with Crippen LogP contribution in [0.5, 0.6) is 0 Å². The molecule has 0 amide bonds. The molecule has 13 heavy (non-hydrogen) atoms. The van der Waals surface area contributed by atoms with Crippen molar-refractivity contribution in [3.05, 3.63) is 34.9 Å². The van der Waals surface area contributed by atoms with Gasteiger partial charge in [-0.3, -0.25) is 4.79 Å². The quantitative estimate of drug-likeness (QED) is 0.729. The Morgan fingerprint density at radius 3 is 2.77 bits per heavy atom. The van der Waals surface area contributed by atoms with E-state index in [2.05, 4.69) is 0 Å². The van der Waals surface area contributed by atoms with Gasteiger partial charge in [0.25, 0.3) is 0 Å². The van der Waals surface area contributed by atoms with Crippen molar-refractivity contribution in [1.29, 1.82) is 0 Å². The molecule has 0 radical (unpaired) electrons. The highest BCUT2D eigenvalue weighted by Gasteiger charge is 2.02. The Morgan fingerprint density at radius 1 is 1.54 bits per heavy atom. The van der Waals surface area contributed by atoms with E-state index in [1.54, 1.807) is 0 Å². The molecule has 0 saturated heterocycles. The minimum atomic E-state index is -0.813. The van der Waals surface area contributed by atoms with Gasteiger partial charge in [0, 0.05) is 6.54 Å². The number of aliphatic carboxylic acids is 1. The molecule has 1 aromatic rings. The minimum absolute atomic E-state index is 0.0628. The molecule has 0 saturated carbocycles. The summed E-state index contributed by atoms with van der Waals surface area (Å²) in [6, 6.07) is 5.58. The fourth-order valence-corrected chi connectivity index (χ4v) is 1.23. The second kappa shape index (κ2) is 4.05. The van der Waals surface area contributed by atoms with Crippen molar-refractivity contribution in [2.75, 3.05) is 0 Å². The summed E-state index contributed by atoms with van der Waals surface area (Å²) in [5.41, 5.74) is 8.43. The summed E-state index contributed by atoms with van der Waals surface area (Å²) in [4.78, 5) is 10.4. The largest absolute Gasteiger partial charge is 0.481 e. The standard InChI is InChI=1S/C10H13NO2/c1-7-2-3-8(5-10(12)13)4-9(7)6-11/h2-4H,5-6,11H2,1H3,(H,12,13). The summed E-state index contributed by atoms with van der Waals surface area (Å²) in [5, 5.41) is 8.57. The molecule has 0 unspecified atom stereocenters. The second-order valence-corrected chi connectivity index (χ2v) is 3.04. The van der Waals surface area contributed by atoms with Gasteiger partial charge in [-0.25, -0.2) is 0 Å². The Kier molecular flexibility index (Phi) is 3.03. The van der Waals surface area contributed by atoms with Crippen LogP contribution in [0.25, 0.3) is 0 Å². The first-order chi connectivity index (χ1) is 6.13. The van der Waals surface area contributed by atoms with Gasteiger partial charge < -0.3 is 10.8 Å². The van der Waals surface area contributed by atoms with Crippen molar-refractivity contribution < 1.29 is 9.90 Å². The summed E-state index contributed by atoms with van der Waals surface area (Å²) < 4.78 is 0. The fourth-order valence-electron chi connectivity index (χ4n) is 1.23. The van der Waals surface area contributed by atoms with Crippen LogP contribution < -0.4 is 5.73 Å². The maximum atomic E-state index is 10.4. The van der Waals surface area contributed by atoms with Gasteiger partial charge in [0.2, 0.25) is 0 Å². The monoisotopic (exact) mass is 179 g/mol. The van der Waals surface area contributed by atoms with Gasteiger partial charge in [-0.15, -0.1) is 0 Å². The second-order valence-electron chi connectivity index (χ2n) is 3.04. The third-order valence-electron chi connectivity index (χ3n) is 1.99. The minimum Gasteiger partial charge on any atom is -0.481 e. The summed E-state index contributed by atoms with van der Waals surface area (Å²) in [7, 11) is 0. The lowest BCUT2D eigenvalue weighted by Gasteiger charge is -2.04. The number of hydrogen-bond donors (Lipinski definition) is 2. The summed E-state index contributed by atoms with van der Waals surface area (Å²) in [6.07, 6.45) is 0.0628. The number of nitrogens with two attached hydrogens (primary N) is 1. The number of carbonyl (C=O) groups is 1. The van der Waals surface area contributed by atoms with Crippen LogP contribution in [0.1, 0.15) is 16.7 Å². The zero-order valence-electron chi connectivity index (χ0n) is 7.58. The molecule has 0 aliphatic carbocycles. The van der Waals surface area contributed by atoms with Crippen LogP contribution in [0.3, 0.4) is 0 Å². The van der Waals surface area contributed by atoms with E-state index in [9.17, 15) is 4.79 Å². The average molecular weight is 179 g/mol. The summed E-state index contributed by atoms with van der Waals surface area (Å²) in [5.74, 6) is -0.813. The van der Waals surface area contributed by atoms with Gasteiger partial charge in [0.05, 0.1) is 6.42 Å².